The van der Waals surface area contributed by atoms with Crippen molar-refractivity contribution in [2.75, 3.05) is 12.8 Å². The third kappa shape index (κ3) is 3.38. The Morgan fingerprint density at radius 2 is 2.00 bits per heavy atom. The van der Waals surface area contributed by atoms with Gasteiger partial charge in [0.15, 0.2) is 0 Å². The van der Waals surface area contributed by atoms with Crippen LogP contribution in [-0.2, 0) is 0 Å². The van der Waals surface area contributed by atoms with Gasteiger partial charge in [-0.3, -0.25) is 0 Å². The van der Waals surface area contributed by atoms with E-state index in [-0.39, 0.29) is 5.60 Å². The van der Waals surface area contributed by atoms with Crippen molar-refractivity contribution in [1.29, 1.82) is 0 Å². The summed E-state index contributed by atoms with van der Waals surface area (Å²) in [5, 5.41) is 14.7. The van der Waals surface area contributed by atoms with Crippen LogP contribution in [0.25, 0.3) is 0 Å². The average Bonchev–Trinajstić information content (AvgIpc) is 2.75. The minimum Gasteiger partial charge on any atom is -0.389 e. The molecule has 0 spiro atoms. The van der Waals surface area contributed by atoms with E-state index in [9.17, 15) is 5.11 Å². The van der Waals surface area contributed by atoms with E-state index in [0.717, 1.165) is 24.6 Å². The minimum atomic E-state index is -0.383. The third-order valence-electron chi connectivity index (χ3n) is 4.21. The van der Waals surface area contributed by atoms with Gasteiger partial charge in [0, 0.05) is 17.8 Å². The quantitative estimate of drug-likeness (QED) is 0.796. The summed E-state index contributed by atoms with van der Waals surface area (Å²) in [5.74, 6) is 0. The monoisotopic (exact) mass is 243 g/mol. The maximum Gasteiger partial charge on any atom is 0.0771 e. The van der Waals surface area contributed by atoms with Crippen LogP contribution in [0.1, 0.15) is 51.4 Å². The number of aliphatic hydroxyl groups is 1. The SMILES string of the molecule is CSC1CCCC(NCC2(O)CCCC2)C1. The smallest absolute Gasteiger partial charge is 0.0771 e. The molecule has 0 heterocycles. The Bertz CT molecular complexity index is 216. The van der Waals surface area contributed by atoms with E-state index in [1.165, 1.54) is 38.5 Å². The van der Waals surface area contributed by atoms with Crippen LogP contribution in [-0.4, -0.2) is 34.8 Å². The van der Waals surface area contributed by atoms with Crippen molar-refractivity contribution in [2.45, 2.75) is 68.3 Å². The second-order valence-corrected chi connectivity index (χ2v) is 6.67. The van der Waals surface area contributed by atoms with Crippen molar-refractivity contribution >= 4 is 11.8 Å². The van der Waals surface area contributed by atoms with Gasteiger partial charge in [0.25, 0.3) is 0 Å². The van der Waals surface area contributed by atoms with Crippen LogP contribution >= 0.6 is 11.8 Å². The van der Waals surface area contributed by atoms with Crippen molar-refractivity contribution in [2.24, 2.45) is 0 Å². The Kier molecular flexibility index (Phi) is 4.57. The van der Waals surface area contributed by atoms with E-state index in [1.807, 2.05) is 11.8 Å². The number of nitrogens with one attached hydrogen (secondary N) is 1. The molecule has 2 rings (SSSR count). The molecule has 0 aromatic carbocycles. The predicted octanol–water partition coefficient (Wildman–Crippen LogP) is 2.56. The van der Waals surface area contributed by atoms with Crippen LogP contribution in [0.4, 0.5) is 0 Å². The highest BCUT2D eigenvalue weighted by Crippen LogP contribution is 2.30. The first-order valence-electron chi connectivity index (χ1n) is 6.70. The number of hydrogen-bond donors (Lipinski definition) is 2. The Balaban J connectivity index is 1.72. The molecule has 0 radical (unpaired) electrons. The summed E-state index contributed by atoms with van der Waals surface area (Å²) in [4.78, 5) is 0. The lowest BCUT2D eigenvalue weighted by Gasteiger charge is -2.32. The summed E-state index contributed by atoms with van der Waals surface area (Å²) in [6.07, 6.45) is 11.9. The van der Waals surface area contributed by atoms with Crippen molar-refractivity contribution in [3.63, 3.8) is 0 Å². The molecule has 2 N–H and O–H groups in total. The molecule has 2 atom stereocenters. The normalized spacial score (nSPS) is 34.1. The molecule has 2 saturated carbocycles. The summed E-state index contributed by atoms with van der Waals surface area (Å²) in [6.45, 7) is 0.818. The van der Waals surface area contributed by atoms with Gasteiger partial charge in [-0.1, -0.05) is 19.3 Å². The van der Waals surface area contributed by atoms with Crippen LogP contribution in [0, 0.1) is 0 Å². The molecule has 2 aliphatic carbocycles. The molecule has 2 fully saturated rings. The van der Waals surface area contributed by atoms with Gasteiger partial charge in [-0.25, -0.2) is 0 Å². The van der Waals surface area contributed by atoms with Crippen molar-refractivity contribution < 1.29 is 5.11 Å². The highest BCUT2D eigenvalue weighted by Gasteiger charge is 2.32. The molecular formula is C13H25NOS. The molecule has 0 amide bonds. The molecular weight excluding hydrogens is 218 g/mol. The van der Waals surface area contributed by atoms with E-state index < -0.39 is 0 Å². The molecule has 2 unspecified atom stereocenters. The second kappa shape index (κ2) is 5.74. The fraction of sp³-hybridized carbons (Fsp3) is 1.00. The van der Waals surface area contributed by atoms with E-state index in [4.69, 9.17) is 0 Å². The maximum absolute atomic E-state index is 10.3. The van der Waals surface area contributed by atoms with E-state index in [1.54, 1.807) is 0 Å². The Hall–Kier alpha value is 0.270. The zero-order valence-corrected chi connectivity index (χ0v) is 11.2. The summed E-state index contributed by atoms with van der Waals surface area (Å²) in [5.41, 5.74) is -0.383. The number of rotatable bonds is 4. The third-order valence-corrected chi connectivity index (χ3v) is 5.31. The standard InChI is InChI=1S/C13H25NOS/c1-16-12-6-4-5-11(9-12)14-10-13(15)7-2-3-8-13/h11-12,14-15H,2-10H2,1H3. The molecule has 2 nitrogen and oxygen atoms in total. The summed E-state index contributed by atoms with van der Waals surface area (Å²) < 4.78 is 0. The molecule has 0 aromatic rings. The molecule has 16 heavy (non-hydrogen) atoms. The van der Waals surface area contributed by atoms with Gasteiger partial charge in [0.1, 0.15) is 0 Å². The zero-order valence-electron chi connectivity index (χ0n) is 10.4. The van der Waals surface area contributed by atoms with Crippen LogP contribution in [0.5, 0.6) is 0 Å². The lowest BCUT2D eigenvalue weighted by Crippen LogP contribution is -2.44. The van der Waals surface area contributed by atoms with Gasteiger partial charge in [0.05, 0.1) is 5.60 Å². The fourth-order valence-corrected chi connectivity index (χ4v) is 3.92. The van der Waals surface area contributed by atoms with E-state index >= 15 is 0 Å². The van der Waals surface area contributed by atoms with Gasteiger partial charge < -0.3 is 10.4 Å². The molecule has 0 bridgehead atoms. The van der Waals surface area contributed by atoms with Crippen LogP contribution in [0.3, 0.4) is 0 Å². The number of hydrogen-bond acceptors (Lipinski definition) is 3. The van der Waals surface area contributed by atoms with Gasteiger partial charge in [-0.05, 0) is 38.4 Å². The molecule has 0 aliphatic heterocycles. The summed E-state index contributed by atoms with van der Waals surface area (Å²) in [6, 6.07) is 0.649. The first-order chi connectivity index (χ1) is 7.72. The highest BCUT2D eigenvalue weighted by atomic mass is 32.2. The van der Waals surface area contributed by atoms with Crippen molar-refractivity contribution in [3.05, 3.63) is 0 Å². The summed E-state index contributed by atoms with van der Waals surface area (Å²) in [7, 11) is 0. The molecule has 2 aliphatic rings. The molecule has 0 aromatic heterocycles. The predicted molar refractivity (Wildman–Crippen MR) is 71.0 cm³/mol. The van der Waals surface area contributed by atoms with Crippen LogP contribution in [0.2, 0.25) is 0 Å². The first kappa shape index (κ1) is 12.7. The van der Waals surface area contributed by atoms with E-state index in [2.05, 4.69) is 11.6 Å². The topological polar surface area (TPSA) is 32.3 Å². The van der Waals surface area contributed by atoms with Crippen LogP contribution < -0.4 is 5.32 Å². The Morgan fingerprint density at radius 3 is 2.69 bits per heavy atom. The minimum absolute atomic E-state index is 0.383. The largest absolute Gasteiger partial charge is 0.389 e. The molecule has 94 valence electrons. The van der Waals surface area contributed by atoms with Gasteiger partial charge in [0.2, 0.25) is 0 Å². The summed E-state index contributed by atoms with van der Waals surface area (Å²) >= 11 is 2.00. The van der Waals surface area contributed by atoms with Crippen LogP contribution in [0.15, 0.2) is 0 Å². The lowest BCUT2D eigenvalue weighted by atomic mass is 9.93. The Labute approximate surface area is 104 Å². The van der Waals surface area contributed by atoms with Gasteiger partial charge >= 0.3 is 0 Å². The van der Waals surface area contributed by atoms with Gasteiger partial charge in [-0.2, -0.15) is 11.8 Å². The molecule has 0 saturated heterocycles. The fourth-order valence-electron chi connectivity index (χ4n) is 3.09. The highest BCUT2D eigenvalue weighted by molar-refractivity contribution is 7.99. The number of thioether (sulfide) groups is 1. The average molecular weight is 243 g/mol. The van der Waals surface area contributed by atoms with Crippen molar-refractivity contribution in [3.8, 4) is 0 Å². The second-order valence-electron chi connectivity index (χ2n) is 5.53. The lowest BCUT2D eigenvalue weighted by molar-refractivity contribution is 0.0435. The van der Waals surface area contributed by atoms with E-state index in [0.29, 0.717) is 6.04 Å². The maximum atomic E-state index is 10.3. The first-order valence-corrected chi connectivity index (χ1v) is 7.99. The Morgan fingerprint density at radius 1 is 1.25 bits per heavy atom. The zero-order chi connectivity index (χ0) is 11.4. The van der Waals surface area contributed by atoms with Gasteiger partial charge in [-0.15, -0.1) is 0 Å². The van der Waals surface area contributed by atoms with Crippen molar-refractivity contribution in [1.82, 2.24) is 5.32 Å². The molecule has 3 heteroatoms.